The minimum absolute atomic E-state index is 0.133. The molecule has 7 nitrogen and oxygen atoms in total. The van der Waals surface area contributed by atoms with Crippen LogP contribution >= 0.6 is 0 Å². The average molecular weight is 395 g/mol. The van der Waals surface area contributed by atoms with Crippen molar-refractivity contribution in [3.05, 3.63) is 59.7 Å². The summed E-state index contributed by atoms with van der Waals surface area (Å²) >= 11 is 0. The molecule has 0 heterocycles. The largest absolute Gasteiger partial charge is 0.744 e. The van der Waals surface area contributed by atoms with E-state index in [2.05, 4.69) is 9.93 Å². The number of sulfonamides is 1. The second kappa shape index (κ2) is 7.98. The second-order valence-electron chi connectivity index (χ2n) is 5.85. The number of hydrogen-bond donors (Lipinski definition) is 1. The predicted octanol–water partition coefficient (Wildman–Crippen LogP) is 2.19. The Kier molecular flexibility index (Phi) is 6.17. The van der Waals surface area contributed by atoms with Crippen molar-refractivity contribution < 1.29 is 21.4 Å². The molecule has 0 aliphatic heterocycles. The van der Waals surface area contributed by atoms with Crippen LogP contribution in [0.5, 0.6) is 0 Å². The van der Waals surface area contributed by atoms with Gasteiger partial charge in [-0.15, -0.1) is 0 Å². The molecule has 2 rings (SSSR count). The molecule has 1 N–H and O–H groups in total. The first-order valence-corrected chi connectivity index (χ1v) is 10.6. The summed E-state index contributed by atoms with van der Waals surface area (Å²) < 4.78 is 57.0. The van der Waals surface area contributed by atoms with Crippen LogP contribution in [0.2, 0.25) is 0 Å². The number of hydrazone groups is 1. The van der Waals surface area contributed by atoms with Crippen molar-refractivity contribution >= 4 is 25.9 Å². The van der Waals surface area contributed by atoms with E-state index in [1.807, 2.05) is 6.92 Å². The zero-order chi connectivity index (χ0) is 19.4. The van der Waals surface area contributed by atoms with Crippen LogP contribution in [0.1, 0.15) is 24.5 Å². The molecule has 2 aromatic carbocycles. The van der Waals surface area contributed by atoms with Gasteiger partial charge in [0.15, 0.2) is 0 Å². The van der Waals surface area contributed by atoms with Crippen LogP contribution in [0, 0.1) is 6.92 Å². The minimum Gasteiger partial charge on any atom is -0.744 e. The Bertz CT molecular complexity index is 994. The SMILES string of the molecule is C/C(CCc1ccc(S(=O)(=O)[O-])cc1)=N/NS(=O)(=O)c1ccc(C)cc1. The van der Waals surface area contributed by atoms with Gasteiger partial charge >= 0.3 is 0 Å². The molecule has 0 radical (unpaired) electrons. The molecule has 140 valence electrons. The maximum absolute atomic E-state index is 12.1. The summed E-state index contributed by atoms with van der Waals surface area (Å²) in [4.78, 5) is 2.05. The van der Waals surface area contributed by atoms with Gasteiger partial charge in [-0.3, -0.25) is 0 Å². The van der Waals surface area contributed by atoms with Gasteiger partial charge in [0.25, 0.3) is 10.0 Å². The Labute approximate surface area is 153 Å². The summed E-state index contributed by atoms with van der Waals surface area (Å²) in [6.45, 7) is 3.55. The zero-order valence-electron chi connectivity index (χ0n) is 14.3. The topological polar surface area (TPSA) is 116 Å². The molecule has 0 saturated heterocycles. The second-order valence-corrected chi connectivity index (χ2v) is 8.89. The molecule has 0 aliphatic carbocycles. The van der Waals surface area contributed by atoms with Gasteiger partial charge < -0.3 is 4.55 Å². The van der Waals surface area contributed by atoms with Gasteiger partial charge in [0.1, 0.15) is 10.1 Å². The Hall–Kier alpha value is -2.23. The standard InChI is InChI=1S/C17H20N2O5S2/c1-13-3-9-16(10-4-13)25(20,21)19-18-14(2)5-6-15-7-11-17(12-8-15)26(22,23)24/h3-4,7-12,19H,5-6H2,1-2H3,(H,22,23,24)/p-1/b18-14-. The molecule has 0 spiro atoms. The number of hydrogen-bond acceptors (Lipinski definition) is 6. The van der Waals surface area contributed by atoms with Crippen molar-refractivity contribution in [2.75, 3.05) is 0 Å². The first-order chi connectivity index (χ1) is 12.1. The van der Waals surface area contributed by atoms with Crippen LogP contribution in [0.15, 0.2) is 63.4 Å². The fourth-order valence-corrected chi connectivity index (χ4v) is 3.46. The molecule has 26 heavy (non-hydrogen) atoms. The van der Waals surface area contributed by atoms with E-state index in [1.165, 1.54) is 24.3 Å². The molecule has 0 fully saturated rings. The third kappa shape index (κ3) is 5.65. The van der Waals surface area contributed by atoms with Crippen molar-refractivity contribution in [2.45, 2.75) is 36.5 Å². The highest BCUT2D eigenvalue weighted by Gasteiger charge is 2.12. The lowest BCUT2D eigenvalue weighted by molar-refractivity contribution is 0.463. The van der Waals surface area contributed by atoms with E-state index >= 15 is 0 Å². The number of benzene rings is 2. The monoisotopic (exact) mass is 395 g/mol. The molecule has 0 bridgehead atoms. The van der Waals surface area contributed by atoms with Crippen molar-refractivity contribution in [1.29, 1.82) is 0 Å². The summed E-state index contributed by atoms with van der Waals surface area (Å²) in [7, 11) is -8.17. The normalized spacial score (nSPS) is 12.8. The Morgan fingerprint density at radius 2 is 1.50 bits per heavy atom. The molecule has 2 aromatic rings. The molecule has 0 amide bonds. The fraction of sp³-hybridized carbons (Fsp3) is 0.235. The molecule has 9 heteroatoms. The van der Waals surface area contributed by atoms with Gasteiger partial charge in [-0.25, -0.2) is 13.2 Å². The molecule has 0 aromatic heterocycles. The van der Waals surface area contributed by atoms with Gasteiger partial charge in [0, 0.05) is 5.71 Å². The molecule has 0 saturated carbocycles. The fourth-order valence-electron chi connectivity index (χ4n) is 2.11. The van der Waals surface area contributed by atoms with Crippen molar-refractivity contribution in [3.63, 3.8) is 0 Å². The molecular weight excluding hydrogens is 376 g/mol. The first kappa shape index (κ1) is 20.1. The number of nitrogens with zero attached hydrogens (tertiary/aromatic N) is 1. The summed E-state index contributed by atoms with van der Waals surface area (Å²) in [5, 5.41) is 3.90. The van der Waals surface area contributed by atoms with E-state index in [-0.39, 0.29) is 9.79 Å². The lowest BCUT2D eigenvalue weighted by Gasteiger charge is -2.08. The van der Waals surface area contributed by atoms with Crippen LogP contribution in [-0.4, -0.2) is 27.1 Å². The number of nitrogens with one attached hydrogen (secondary N) is 1. The highest BCUT2D eigenvalue weighted by atomic mass is 32.2. The summed E-state index contributed by atoms with van der Waals surface area (Å²) in [5.74, 6) is 0. The summed E-state index contributed by atoms with van der Waals surface area (Å²) in [6.07, 6.45) is 1.00. The quantitative estimate of drug-likeness (QED) is 0.438. The highest BCUT2D eigenvalue weighted by molar-refractivity contribution is 7.89. The molecule has 0 unspecified atom stereocenters. The van der Waals surface area contributed by atoms with Gasteiger partial charge in [0.2, 0.25) is 0 Å². The maximum atomic E-state index is 12.1. The van der Waals surface area contributed by atoms with E-state index in [0.29, 0.717) is 18.6 Å². The lowest BCUT2D eigenvalue weighted by atomic mass is 10.1. The third-order valence-electron chi connectivity index (χ3n) is 3.68. The van der Waals surface area contributed by atoms with Crippen LogP contribution < -0.4 is 4.83 Å². The van der Waals surface area contributed by atoms with Crippen LogP contribution in [0.4, 0.5) is 0 Å². The Morgan fingerprint density at radius 3 is 2.04 bits per heavy atom. The van der Waals surface area contributed by atoms with Crippen LogP contribution in [0.3, 0.4) is 0 Å². The van der Waals surface area contributed by atoms with Gasteiger partial charge in [-0.1, -0.05) is 29.8 Å². The van der Waals surface area contributed by atoms with E-state index in [0.717, 1.165) is 11.1 Å². The van der Waals surface area contributed by atoms with Crippen LogP contribution in [-0.2, 0) is 26.6 Å². The van der Waals surface area contributed by atoms with E-state index in [9.17, 15) is 21.4 Å². The lowest BCUT2D eigenvalue weighted by Crippen LogP contribution is -2.19. The first-order valence-electron chi connectivity index (χ1n) is 7.74. The Balaban J connectivity index is 1.97. The molecule has 0 aliphatic rings. The predicted molar refractivity (Wildman–Crippen MR) is 97.3 cm³/mol. The van der Waals surface area contributed by atoms with Gasteiger partial charge in [-0.05, 0) is 56.5 Å². The average Bonchev–Trinajstić information content (AvgIpc) is 2.58. The van der Waals surface area contributed by atoms with Crippen molar-refractivity contribution in [1.82, 2.24) is 4.83 Å². The van der Waals surface area contributed by atoms with E-state index in [1.54, 1.807) is 31.2 Å². The number of aryl methyl sites for hydroxylation is 2. The van der Waals surface area contributed by atoms with Gasteiger partial charge in [0.05, 0.1) is 9.79 Å². The third-order valence-corrected chi connectivity index (χ3v) is 5.75. The molecular formula is C17H19N2O5S2-. The zero-order valence-corrected chi connectivity index (χ0v) is 16.0. The van der Waals surface area contributed by atoms with E-state index < -0.39 is 20.1 Å². The van der Waals surface area contributed by atoms with Gasteiger partial charge in [-0.2, -0.15) is 13.5 Å². The Morgan fingerprint density at radius 1 is 0.962 bits per heavy atom. The van der Waals surface area contributed by atoms with Crippen molar-refractivity contribution in [2.24, 2.45) is 5.10 Å². The highest BCUT2D eigenvalue weighted by Crippen LogP contribution is 2.12. The maximum Gasteiger partial charge on any atom is 0.276 e. The summed E-state index contributed by atoms with van der Waals surface area (Å²) in [5.41, 5.74) is 2.34. The van der Waals surface area contributed by atoms with Crippen molar-refractivity contribution in [3.8, 4) is 0 Å². The van der Waals surface area contributed by atoms with Crippen LogP contribution in [0.25, 0.3) is 0 Å². The summed E-state index contributed by atoms with van der Waals surface area (Å²) in [6, 6.07) is 12.0. The smallest absolute Gasteiger partial charge is 0.276 e. The molecule has 0 atom stereocenters. The number of rotatable bonds is 7. The van der Waals surface area contributed by atoms with E-state index in [4.69, 9.17) is 0 Å². The minimum atomic E-state index is -4.46.